The molecule has 0 amide bonds. The molecular formula is C17H22Cl3N7. The minimum atomic E-state index is 0. The molecule has 146 valence electrons. The number of H-pyrrole nitrogens is 1. The number of rotatable bonds is 4. The SMILES string of the molecule is Cl.Cl.NCCc1nc(-c2ccc3nc(N4CCNCC4)c(Cl)cc3c2)n[nH]1. The van der Waals surface area contributed by atoms with Gasteiger partial charge in [-0.3, -0.25) is 5.10 Å². The molecule has 7 nitrogen and oxygen atoms in total. The summed E-state index contributed by atoms with van der Waals surface area (Å²) in [4.78, 5) is 11.5. The molecule has 3 aromatic rings. The van der Waals surface area contributed by atoms with E-state index in [4.69, 9.17) is 22.3 Å². The summed E-state index contributed by atoms with van der Waals surface area (Å²) in [6.07, 6.45) is 0.683. The number of benzene rings is 1. The Morgan fingerprint density at radius 3 is 2.63 bits per heavy atom. The number of aromatic nitrogens is 4. The highest BCUT2D eigenvalue weighted by molar-refractivity contribution is 6.33. The molecule has 0 radical (unpaired) electrons. The second-order valence-electron chi connectivity index (χ2n) is 6.08. The van der Waals surface area contributed by atoms with Gasteiger partial charge < -0.3 is 16.0 Å². The summed E-state index contributed by atoms with van der Waals surface area (Å²) in [6.45, 7) is 4.27. The molecule has 10 heteroatoms. The molecule has 0 atom stereocenters. The van der Waals surface area contributed by atoms with Gasteiger partial charge in [-0.05, 0) is 30.8 Å². The first-order valence-corrected chi connectivity index (χ1v) is 8.80. The molecule has 0 aliphatic carbocycles. The highest BCUT2D eigenvalue weighted by Gasteiger charge is 2.16. The van der Waals surface area contributed by atoms with Crippen LogP contribution < -0.4 is 16.0 Å². The molecule has 1 saturated heterocycles. The Hall–Kier alpha value is -1.64. The van der Waals surface area contributed by atoms with Crippen molar-refractivity contribution >= 4 is 53.1 Å². The van der Waals surface area contributed by atoms with Gasteiger partial charge in [0, 0.05) is 43.5 Å². The Kier molecular flexibility index (Phi) is 7.64. The van der Waals surface area contributed by atoms with Crippen molar-refractivity contribution in [2.75, 3.05) is 37.6 Å². The monoisotopic (exact) mass is 429 g/mol. The summed E-state index contributed by atoms with van der Waals surface area (Å²) < 4.78 is 0. The number of piperazine rings is 1. The van der Waals surface area contributed by atoms with E-state index in [1.807, 2.05) is 24.3 Å². The number of hydrogen-bond acceptors (Lipinski definition) is 6. The second-order valence-corrected chi connectivity index (χ2v) is 6.49. The van der Waals surface area contributed by atoms with Crippen molar-refractivity contribution in [1.29, 1.82) is 0 Å². The molecule has 27 heavy (non-hydrogen) atoms. The molecule has 1 aliphatic heterocycles. The molecule has 1 fully saturated rings. The van der Waals surface area contributed by atoms with Crippen LogP contribution in [0.25, 0.3) is 22.3 Å². The van der Waals surface area contributed by atoms with Crippen LogP contribution in [0.1, 0.15) is 5.82 Å². The molecule has 0 bridgehead atoms. The number of nitrogens with zero attached hydrogens (tertiary/aromatic N) is 4. The lowest BCUT2D eigenvalue weighted by atomic mass is 10.1. The first kappa shape index (κ1) is 21.7. The minimum Gasteiger partial charge on any atom is -0.353 e. The fourth-order valence-corrected chi connectivity index (χ4v) is 3.33. The van der Waals surface area contributed by atoms with Crippen LogP contribution in [-0.2, 0) is 6.42 Å². The van der Waals surface area contributed by atoms with Gasteiger partial charge in [0.05, 0.1) is 10.5 Å². The number of fused-ring (bicyclic) bond motifs is 1. The lowest BCUT2D eigenvalue weighted by Crippen LogP contribution is -2.44. The van der Waals surface area contributed by atoms with Gasteiger partial charge >= 0.3 is 0 Å². The number of hydrogen-bond donors (Lipinski definition) is 3. The van der Waals surface area contributed by atoms with Gasteiger partial charge in [-0.15, -0.1) is 24.8 Å². The molecular weight excluding hydrogens is 409 g/mol. The maximum atomic E-state index is 6.50. The van der Waals surface area contributed by atoms with Crippen molar-refractivity contribution in [1.82, 2.24) is 25.5 Å². The topological polar surface area (TPSA) is 95.8 Å². The van der Waals surface area contributed by atoms with E-state index in [0.29, 0.717) is 23.8 Å². The summed E-state index contributed by atoms with van der Waals surface area (Å²) >= 11 is 6.50. The predicted octanol–water partition coefficient (Wildman–Crippen LogP) is 2.43. The zero-order valence-corrected chi connectivity index (χ0v) is 17.0. The van der Waals surface area contributed by atoms with Crippen LogP contribution in [0.2, 0.25) is 5.02 Å². The lowest BCUT2D eigenvalue weighted by Gasteiger charge is -2.29. The van der Waals surface area contributed by atoms with Crippen molar-refractivity contribution < 1.29 is 0 Å². The van der Waals surface area contributed by atoms with E-state index in [1.54, 1.807) is 0 Å². The molecule has 4 rings (SSSR count). The van der Waals surface area contributed by atoms with Gasteiger partial charge in [0.2, 0.25) is 0 Å². The molecule has 1 aliphatic rings. The average Bonchev–Trinajstić information content (AvgIpc) is 3.10. The zero-order valence-electron chi connectivity index (χ0n) is 14.6. The first-order chi connectivity index (χ1) is 12.2. The van der Waals surface area contributed by atoms with Crippen LogP contribution >= 0.6 is 36.4 Å². The minimum absolute atomic E-state index is 0. The highest BCUT2D eigenvalue weighted by atomic mass is 35.5. The van der Waals surface area contributed by atoms with Crippen molar-refractivity contribution in [3.05, 3.63) is 35.1 Å². The molecule has 0 unspecified atom stereocenters. The van der Waals surface area contributed by atoms with E-state index in [-0.39, 0.29) is 24.8 Å². The van der Waals surface area contributed by atoms with E-state index >= 15 is 0 Å². The van der Waals surface area contributed by atoms with E-state index in [9.17, 15) is 0 Å². The number of nitrogens with two attached hydrogens (primary N) is 1. The van der Waals surface area contributed by atoms with Gasteiger partial charge in [-0.1, -0.05) is 11.6 Å². The Balaban J connectivity index is 0.00000131. The van der Waals surface area contributed by atoms with Crippen LogP contribution in [0.3, 0.4) is 0 Å². The van der Waals surface area contributed by atoms with Crippen LogP contribution in [-0.4, -0.2) is 52.9 Å². The zero-order chi connectivity index (χ0) is 17.2. The molecule has 1 aromatic carbocycles. The molecule has 0 spiro atoms. The van der Waals surface area contributed by atoms with Crippen molar-refractivity contribution in [2.45, 2.75) is 6.42 Å². The van der Waals surface area contributed by atoms with Gasteiger partial charge in [-0.2, -0.15) is 5.10 Å². The van der Waals surface area contributed by atoms with E-state index in [0.717, 1.165) is 54.3 Å². The Bertz CT molecular complexity index is 893. The first-order valence-electron chi connectivity index (χ1n) is 8.42. The predicted molar refractivity (Wildman–Crippen MR) is 114 cm³/mol. The van der Waals surface area contributed by atoms with Crippen LogP contribution in [0, 0.1) is 0 Å². The van der Waals surface area contributed by atoms with E-state index in [1.165, 1.54) is 0 Å². The third-order valence-electron chi connectivity index (χ3n) is 4.34. The molecule has 3 heterocycles. The van der Waals surface area contributed by atoms with Gasteiger partial charge in [0.1, 0.15) is 11.6 Å². The lowest BCUT2D eigenvalue weighted by molar-refractivity contribution is 0.585. The fourth-order valence-electron chi connectivity index (χ4n) is 3.05. The third kappa shape index (κ3) is 4.62. The largest absolute Gasteiger partial charge is 0.353 e. The number of aromatic amines is 1. The summed E-state index contributed by atoms with van der Waals surface area (Å²) in [7, 11) is 0. The number of pyridine rings is 1. The summed E-state index contributed by atoms with van der Waals surface area (Å²) in [6, 6.07) is 7.97. The Morgan fingerprint density at radius 2 is 1.89 bits per heavy atom. The van der Waals surface area contributed by atoms with Crippen molar-refractivity contribution in [3.8, 4) is 11.4 Å². The number of nitrogens with one attached hydrogen (secondary N) is 2. The van der Waals surface area contributed by atoms with Crippen molar-refractivity contribution in [3.63, 3.8) is 0 Å². The third-order valence-corrected chi connectivity index (χ3v) is 4.62. The molecule has 0 saturated carbocycles. The maximum absolute atomic E-state index is 6.50. The summed E-state index contributed by atoms with van der Waals surface area (Å²) in [5.74, 6) is 2.31. The van der Waals surface area contributed by atoms with Gasteiger partial charge in [0.15, 0.2) is 5.82 Å². The quantitative estimate of drug-likeness (QED) is 0.588. The summed E-state index contributed by atoms with van der Waals surface area (Å²) in [5.41, 5.74) is 7.40. The van der Waals surface area contributed by atoms with E-state index < -0.39 is 0 Å². The van der Waals surface area contributed by atoms with E-state index in [2.05, 4.69) is 25.4 Å². The van der Waals surface area contributed by atoms with Crippen LogP contribution in [0.15, 0.2) is 24.3 Å². The van der Waals surface area contributed by atoms with Crippen LogP contribution in [0.5, 0.6) is 0 Å². The standard InChI is InChI=1S/C17H20ClN7.2ClH/c18-13-10-12-9-11(16-22-15(3-4-19)23-24-16)1-2-14(12)21-17(13)25-7-5-20-6-8-25;;/h1-2,9-10,20H,3-8,19H2,(H,22,23,24);2*1H. The number of halogens is 3. The highest BCUT2D eigenvalue weighted by Crippen LogP contribution is 2.30. The summed E-state index contributed by atoms with van der Waals surface area (Å²) in [5, 5.41) is 12.2. The second kappa shape index (κ2) is 9.52. The van der Waals surface area contributed by atoms with Gasteiger partial charge in [-0.25, -0.2) is 9.97 Å². The maximum Gasteiger partial charge on any atom is 0.181 e. The molecule has 4 N–H and O–H groups in total. The normalized spacial score (nSPS) is 13.9. The Morgan fingerprint density at radius 1 is 1.11 bits per heavy atom. The Labute approximate surface area is 174 Å². The fraction of sp³-hybridized carbons (Fsp3) is 0.353. The van der Waals surface area contributed by atoms with Crippen LogP contribution in [0.4, 0.5) is 5.82 Å². The smallest absolute Gasteiger partial charge is 0.181 e. The average molecular weight is 431 g/mol. The van der Waals surface area contributed by atoms with Gasteiger partial charge in [0.25, 0.3) is 0 Å². The molecule has 2 aromatic heterocycles. The van der Waals surface area contributed by atoms with Crippen molar-refractivity contribution in [2.24, 2.45) is 5.73 Å². The number of anilines is 1.